The Morgan fingerprint density at radius 1 is 1.16 bits per heavy atom. The van der Waals surface area contributed by atoms with Crippen molar-refractivity contribution in [2.24, 2.45) is 5.92 Å². The number of hydrogen-bond acceptors (Lipinski definition) is 4. The molecule has 0 amide bonds. The molecule has 2 saturated heterocycles. The van der Waals surface area contributed by atoms with Crippen molar-refractivity contribution >= 4 is 10.2 Å². The van der Waals surface area contributed by atoms with Crippen molar-refractivity contribution < 1.29 is 18.3 Å². The molecule has 2 aliphatic rings. The van der Waals surface area contributed by atoms with Gasteiger partial charge in [0.2, 0.25) is 0 Å². The van der Waals surface area contributed by atoms with Crippen LogP contribution in [0.1, 0.15) is 31.2 Å². The summed E-state index contributed by atoms with van der Waals surface area (Å²) in [6.07, 6.45) is 2.72. The minimum absolute atomic E-state index is 0.263. The molecule has 1 aromatic carbocycles. The zero-order valence-electron chi connectivity index (χ0n) is 14.8. The van der Waals surface area contributed by atoms with Crippen LogP contribution >= 0.6 is 0 Å². The van der Waals surface area contributed by atoms with E-state index in [4.69, 9.17) is 4.74 Å². The van der Waals surface area contributed by atoms with Gasteiger partial charge >= 0.3 is 0 Å². The number of rotatable bonds is 5. The van der Waals surface area contributed by atoms with Gasteiger partial charge in [-0.05, 0) is 37.2 Å². The summed E-state index contributed by atoms with van der Waals surface area (Å²) in [4.78, 5) is 0. The van der Waals surface area contributed by atoms with Crippen LogP contribution in [0.15, 0.2) is 30.3 Å². The first-order valence-corrected chi connectivity index (χ1v) is 10.4. The lowest BCUT2D eigenvalue weighted by Crippen LogP contribution is -2.52. The molecular formula is C18H28N2O4S. The molecule has 2 aliphatic heterocycles. The Hall–Kier alpha value is -0.990. The van der Waals surface area contributed by atoms with Crippen molar-refractivity contribution in [2.45, 2.75) is 31.3 Å². The highest BCUT2D eigenvalue weighted by Crippen LogP contribution is 2.34. The quantitative estimate of drug-likeness (QED) is 0.857. The van der Waals surface area contributed by atoms with E-state index in [9.17, 15) is 13.5 Å². The number of hydrogen-bond donors (Lipinski definition) is 1. The van der Waals surface area contributed by atoms with Crippen LogP contribution in [0.2, 0.25) is 0 Å². The molecule has 0 radical (unpaired) electrons. The fraction of sp³-hybridized carbons (Fsp3) is 0.667. The number of aliphatic hydroxyl groups is 1. The molecule has 3 rings (SSSR count). The van der Waals surface area contributed by atoms with E-state index >= 15 is 0 Å². The summed E-state index contributed by atoms with van der Waals surface area (Å²) in [6, 6.07) is 9.54. The van der Waals surface area contributed by atoms with Crippen LogP contribution < -0.4 is 0 Å². The fourth-order valence-corrected chi connectivity index (χ4v) is 5.63. The number of ether oxygens (including phenoxy) is 1. The van der Waals surface area contributed by atoms with Crippen LogP contribution in [0.4, 0.5) is 0 Å². The van der Waals surface area contributed by atoms with Crippen LogP contribution in [0.3, 0.4) is 0 Å². The number of piperidine rings is 2. The Balaban J connectivity index is 1.65. The Bertz CT molecular complexity index is 655. The van der Waals surface area contributed by atoms with Crippen LogP contribution in [0.25, 0.3) is 0 Å². The fourth-order valence-electron chi connectivity index (χ4n) is 3.90. The van der Waals surface area contributed by atoms with Gasteiger partial charge in [0.15, 0.2) is 0 Å². The van der Waals surface area contributed by atoms with Gasteiger partial charge in [0, 0.05) is 33.3 Å². The Kier molecular flexibility index (Phi) is 5.80. The first kappa shape index (κ1) is 18.8. The summed E-state index contributed by atoms with van der Waals surface area (Å²) < 4.78 is 34.2. The molecule has 2 heterocycles. The lowest BCUT2D eigenvalue weighted by atomic mass is 9.85. The SMILES string of the molecule is COCC1CCCN(S(=O)(=O)N2CCC(O)(c3ccccc3)CC2)C1. The van der Waals surface area contributed by atoms with Crippen molar-refractivity contribution in [2.75, 3.05) is 39.9 Å². The molecule has 0 aromatic heterocycles. The van der Waals surface area contributed by atoms with Gasteiger partial charge in [-0.15, -0.1) is 0 Å². The Labute approximate surface area is 150 Å². The molecule has 0 aliphatic carbocycles. The van der Waals surface area contributed by atoms with Crippen molar-refractivity contribution in [1.29, 1.82) is 0 Å². The normalized spacial score (nSPS) is 25.8. The number of nitrogens with zero attached hydrogens (tertiary/aromatic N) is 2. The average Bonchev–Trinajstić information content (AvgIpc) is 2.63. The largest absolute Gasteiger partial charge is 0.385 e. The second-order valence-electron chi connectivity index (χ2n) is 7.13. The highest BCUT2D eigenvalue weighted by atomic mass is 32.2. The predicted molar refractivity (Wildman–Crippen MR) is 96.2 cm³/mol. The smallest absolute Gasteiger partial charge is 0.281 e. The first-order valence-electron chi connectivity index (χ1n) is 8.98. The number of benzene rings is 1. The molecule has 1 N–H and O–H groups in total. The van der Waals surface area contributed by atoms with Crippen LogP contribution in [-0.4, -0.2) is 62.0 Å². The van der Waals surface area contributed by atoms with Crippen molar-refractivity contribution in [3.8, 4) is 0 Å². The standard InChI is InChI=1S/C18H28N2O4S/c1-24-15-16-6-5-11-20(14-16)25(22,23)19-12-9-18(21,10-13-19)17-7-3-2-4-8-17/h2-4,7-8,16,21H,5-6,9-15H2,1H3. The van der Waals surface area contributed by atoms with Gasteiger partial charge < -0.3 is 9.84 Å². The second-order valence-corrected chi connectivity index (χ2v) is 9.05. The van der Waals surface area contributed by atoms with Crippen LogP contribution in [0.5, 0.6) is 0 Å². The molecule has 0 saturated carbocycles. The third-order valence-corrected chi connectivity index (χ3v) is 7.40. The van der Waals surface area contributed by atoms with Gasteiger partial charge in [0.05, 0.1) is 12.2 Å². The zero-order valence-corrected chi connectivity index (χ0v) is 15.6. The summed E-state index contributed by atoms with van der Waals surface area (Å²) >= 11 is 0. The molecule has 1 atom stereocenters. The summed E-state index contributed by atoms with van der Waals surface area (Å²) in [5.41, 5.74) is -0.0708. The maximum atomic E-state index is 13.0. The lowest BCUT2D eigenvalue weighted by Gasteiger charge is -2.41. The summed E-state index contributed by atoms with van der Waals surface area (Å²) in [7, 11) is -1.81. The molecule has 0 spiro atoms. The van der Waals surface area contributed by atoms with Crippen LogP contribution in [0, 0.1) is 5.92 Å². The summed E-state index contributed by atoms with van der Waals surface area (Å²) in [5.74, 6) is 0.263. The Morgan fingerprint density at radius 3 is 2.48 bits per heavy atom. The highest BCUT2D eigenvalue weighted by molar-refractivity contribution is 7.86. The van der Waals surface area contributed by atoms with Gasteiger partial charge in [0.25, 0.3) is 10.2 Å². The molecule has 1 aromatic rings. The van der Waals surface area contributed by atoms with Crippen molar-refractivity contribution in [1.82, 2.24) is 8.61 Å². The molecule has 0 bridgehead atoms. The second kappa shape index (κ2) is 7.72. The molecule has 7 heteroatoms. The van der Waals surface area contributed by atoms with Crippen molar-refractivity contribution in [3.05, 3.63) is 35.9 Å². The summed E-state index contributed by atoms with van der Waals surface area (Å²) in [6.45, 7) is 2.38. The third kappa shape index (κ3) is 4.06. The number of methoxy groups -OCH3 is 1. The van der Waals surface area contributed by atoms with Crippen LogP contribution in [-0.2, 0) is 20.5 Å². The maximum Gasteiger partial charge on any atom is 0.281 e. The van der Waals surface area contributed by atoms with Gasteiger partial charge in [0.1, 0.15) is 0 Å². The van der Waals surface area contributed by atoms with E-state index in [2.05, 4.69) is 0 Å². The predicted octanol–water partition coefficient (Wildman–Crippen LogP) is 1.57. The third-order valence-electron chi connectivity index (χ3n) is 5.40. The maximum absolute atomic E-state index is 13.0. The van der Waals surface area contributed by atoms with Crippen molar-refractivity contribution in [3.63, 3.8) is 0 Å². The average molecular weight is 368 g/mol. The highest BCUT2D eigenvalue weighted by Gasteiger charge is 2.40. The molecule has 1 unspecified atom stereocenters. The zero-order chi connectivity index (χ0) is 17.9. The van der Waals surface area contributed by atoms with E-state index in [-0.39, 0.29) is 5.92 Å². The molecule has 25 heavy (non-hydrogen) atoms. The molecular weight excluding hydrogens is 340 g/mol. The van der Waals surface area contributed by atoms with E-state index < -0.39 is 15.8 Å². The van der Waals surface area contributed by atoms with E-state index in [0.717, 1.165) is 18.4 Å². The molecule has 2 fully saturated rings. The van der Waals surface area contributed by atoms with Gasteiger partial charge in [-0.25, -0.2) is 0 Å². The van der Waals surface area contributed by atoms with E-state index in [1.165, 1.54) is 4.31 Å². The Morgan fingerprint density at radius 2 is 1.84 bits per heavy atom. The first-order chi connectivity index (χ1) is 12.0. The van der Waals surface area contributed by atoms with E-state index in [1.807, 2.05) is 30.3 Å². The minimum atomic E-state index is -3.47. The monoisotopic (exact) mass is 368 g/mol. The topological polar surface area (TPSA) is 70.1 Å². The molecule has 6 nitrogen and oxygen atoms in total. The summed E-state index contributed by atoms with van der Waals surface area (Å²) in [5, 5.41) is 10.9. The van der Waals surface area contributed by atoms with Gasteiger partial charge in [-0.3, -0.25) is 0 Å². The van der Waals surface area contributed by atoms with E-state index in [1.54, 1.807) is 11.4 Å². The van der Waals surface area contributed by atoms with Gasteiger partial charge in [-0.2, -0.15) is 17.0 Å². The van der Waals surface area contributed by atoms with E-state index in [0.29, 0.717) is 45.6 Å². The minimum Gasteiger partial charge on any atom is -0.385 e. The molecule has 140 valence electrons. The lowest BCUT2D eigenvalue weighted by molar-refractivity contribution is -0.0109. The van der Waals surface area contributed by atoms with Gasteiger partial charge in [-0.1, -0.05) is 30.3 Å².